The number of nitrogens with two attached hydrogens (primary N) is 1. The van der Waals surface area contributed by atoms with E-state index in [4.69, 9.17) is 5.73 Å². The lowest BCUT2D eigenvalue weighted by atomic mass is 10.2. The van der Waals surface area contributed by atoms with E-state index in [1.54, 1.807) is 11.8 Å². The molecular weight excluding hydrogens is 284 g/mol. The van der Waals surface area contributed by atoms with Crippen LogP contribution in [0.15, 0.2) is 10.2 Å². The first kappa shape index (κ1) is 14.6. The maximum absolute atomic E-state index is 5.73. The van der Waals surface area contributed by atoms with E-state index in [0.717, 1.165) is 41.1 Å². The van der Waals surface area contributed by atoms with Crippen molar-refractivity contribution in [1.82, 2.24) is 24.5 Å². The highest BCUT2D eigenvalue weighted by Crippen LogP contribution is 2.32. The van der Waals surface area contributed by atoms with Gasteiger partial charge in [-0.05, 0) is 44.5 Å². The first-order chi connectivity index (χ1) is 10.2. The number of hydrogen-bond donors (Lipinski definition) is 1. The summed E-state index contributed by atoms with van der Waals surface area (Å²) in [4.78, 5) is 0. The topological polar surface area (TPSA) is 74.5 Å². The van der Waals surface area contributed by atoms with Crippen LogP contribution in [0.2, 0.25) is 0 Å². The molecule has 2 N–H and O–H groups in total. The number of nitrogens with zero attached hydrogens (tertiary/aromatic N) is 5. The van der Waals surface area contributed by atoms with Crippen molar-refractivity contribution in [1.29, 1.82) is 0 Å². The summed E-state index contributed by atoms with van der Waals surface area (Å²) in [5.41, 5.74) is 8.02. The molecular formula is C14H22N6S. The Bertz CT molecular complexity index is 630. The van der Waals surface area contributed by atoms with E-state index in [-0.39, 0.29) is 0 Å². The molecule has 0 radical (unpaired) electrons. The molecule has 21 heavy (non-hydrogen) atoms. The molecule has 0 fully saturated rings. The number of aryl methyl sites for hydroxylation is 3. The van der Waals surface area contributed by atoms with Gasteiger partial charge in [-0.25, -0.2) is 0 Å². The van der Waals surface area contributed by atoms with Gasteiger partial charge in [0.05, 0.1) is 5.69 Å². The molecule has 0 unspecified atom stereocenters. The van der Waals surface area contributed by atoms with E-state index in [1.165, 1.54) is 24.8 Å². The van der Waals surface area contributed by atoms with Gasteiger partial charge in [0.1, 0.15) is 10.9 Å². The van der Waals surface area contributed by atoms with Gasteiger partial charge >= 0.3 is 0 Å². The molecule has 1 aliphatic heterocycles. The Hall–Kier alpha value is -1.34. The Morgan fingerprint density at radius 3 is 2.90 bits per heavy atom. The quantitative estimate of drug-likeness (QED) is 0.930. The molecule has 1 aliphatic rings. The minimum Gasteiger partial charge on any atom is -0.330 e. The normalized spacial score (nSPS) is 15.0. The van der Waals surface area contributed by atoms with Crippen LogP contribution in [-0.4, -0.2) is 31.1 Å². The van der Waals surface area contributed by atoms with E-state index in [2.05, 4.69) is 19.9 Å². The molecule has 0 saturated heterocycles. The van der Waals surface area contributed by atoms with Crippen molar-refractivity contribution in [3.63, 3.8) is 0 Å². The average Bonchev–Trinajstić information content (AvgIpc) is 2.84. The van der Waals surface area contributed by atoms with Gasteiger partial charge in [-0.3, -0.25) is 4.68 Å². The maximum Gasteiger partial charge on any atom is 0.197 e. The van der Waals surface area contributed by atoms with Gasteiger partial charge in [0.15, 0.2) is 5.16 Å². The third-order valence-corrected chi connectivity index (χ3v) is 5.14. The molecule has 0 aliphatic carbocycles. The van der Waals surface area contributed by atoms with Crippen LogP contribution in [0.25, 0.3) is 0 Å². The summed E-state index contributed by atoms with van der Waals surface area (Å²) in [7, 11) is 1.98. The fourth-order valence-electron chi connectivity index (χ4n) is 2.86. The highest BCUT2D eigenvalue weighted by molar-refractivity contribution is 7.99. The SMILES string of the molecule is Cc1nn(C)c(Sc2nnc3n2CCCCC3)c1CCN. The summed E-state index contributed by atoms with van der Waals surface area (Å²) >= 11 is 1.67. The second kappa shape index (κ2) is 6.19. The standard InChI is InChI=1S/C14H22N6S/c1-10-11(7-8-15)13(19(2)18-10)21-14-17-16-12-6-4-3-5-9-20(12)14/h3-9,15H2,1-2H3. The summed E-state index contributed by atoms with van der Waals surface area (Å²) in [5, 5.41) is 15.4. The highest BCUT2D eigenvalue weighted by atomic mass is 32.2. The minimum atomic E-state index is 0.637. The molecule has 3 rings (SSSR count). The Morgan fingerprint density at radius 2 is 2.10 bits per heavy atom. The summed E-state index contributed by atoms with van der Waals surface area (Å²) in [6.07, 6.45) is 5.58. The first-order valence-corrected chi connectivity index (χ1v) is 8.35. The molecule has 0 bridgehead atoms. The Labute approximate surface area is 129 Å². The third-order valence-electron chi connectivity index (χ3n) is 3.95. The zero-order valence-electron chi connectivity index (χ0n) is 12.7. The van der Waals surface area contributed by atoms with Gasteiger partial charge in [0, 0.05) is 25.6 Å². The number of rotatable bonds is 4. The zero-order valence-corrected chi connectivity index (χ0v) is 13.5. The van der Waals surface area contributed by atoms with Crippen LogP contribution >= 0.6 is 11.8 Å². The predicted octanol–water partition coefficient (Wildman–Crippen LogP) is 1.70. The van der Waals surface area contributed by atoms with Crippen molar-refractivity contribution in [2.45, 2.75) is 55.8 Å². The van der Waals surface area contributed by atoms with Gasteiger partial charge < -0.3 is 10.3 Å². The molecule has 3 heterocycles. The van der Waals surface area contributed by atoms with E-state index >= 15 is 0 Å². The average molecular weight is 306 g/mol. The van der Waals surface area contributed by atoms with Crippen LogP contribution in [0.5, 0.6) is 0 Å². The summed E-state index contributed by atoms with van der Waals surface area (Å²) in [5.74, 6) is 1.12. The van der Waals surface area contributed by atoms with E-state index in [0.29, 0.717) is 6.54 Å². The second-order valence-electron chi connectivity index (χ2n) is 5.49. The molecule has 2 aromatic rings. The molecule has 0 amide bonds. The smallest absolute Gasteiger partial charge is 0.197 e. The monoisotopic (exact) mass is 306 g/mol. The van der Waals surface area contributed by atoms with Crippen LogP contribution in [0.3, 0.4) is 0 Å². The fraction of sp³-hybridized carbons (Fsp3) is 0.643. The zero-order chi connectivity index (χ0) is 14.8. The number of hydrogen-bond acceptors (Lipinski definition) is 5. The van der Waals surface area contributed by atoms with E-state index < -0.39 is 0 Å². The van der Waals surface area contributed by atoms with Crippen molar-refractivity contribution in [2.75, 3.05) is 6.54 Å². The van der Waals surface area contributed by atoms with Crippen LogP contribution in [-0.2, 0) is 26.4 Å². The molecule has 7 heteroatoms. The number of aromatic nitrogens is 5. The van der Waals surface area contributed by atoms with Gasteiger partial charge in [0.2, 0.25) is 0 Å². The van der Waals surface area contributed by atoms with Gasteiger partial charge in [-0.1, -0.05) is 6.42 Å². The highest BCUT2D eigenvalue weighted by Gasteiger charge is 2.20. The van der Waals surface area contributed by atoms with E-state index in [9.17, 15) is 0 Å². The third kappa shape index (κ3) is 2.85. The molecule has 0 aromatic carbocycles. The molecule has 114 valence electrons. The second-order valence-corrected chi connectivity index (χ2v) is 6.45. The van der Waals surface area contributed by atoms with Crippen molar-refractivity contribution in [3.8, 4) is 0 Å². The van der Waals surface area contributed by atoms with Crippen molar-refractivity contribution >= 4 is 11.8 Å². The van der Waals surface area contributed by atoms with E-state index in [1.807, 2.05) is 18.7 Å². The lowest BCUT2D eigenvalue weighted by molar-refractivity contribution is 0.589. The van der Waals surface area contributed by atoms with Crippen molar-refractivity contribution in [2.24, 2.45) is 12.8 Å². The van der Waals surface area contributed by atoms with Gasteiger partial charge in [-0.15, -0.1) is 10.2 Å². The van der Waals surface area contributed by atoms with Crippen LogP contribution < -0.4 is 5.73 Å². The van der Waals surface area contributed by atoms with Crippen LogP contribution in [0.4, 0.5) is 0 Å². The molecule has 0 saturated carbocycles. The largest absolute Gasteiger partial charge is 0.330 e. The Kier molecular flexibility index (Phi) is 4.30. The van der Waals surface area contributed by atoms with Gasteiger partial charge in [0.25, 0.3) is 0 Å². The van der Waals surface area contributed by atoms with Crippen LogP contribution in [0, 0.1) is 6.92 Å². The minimum absolute atomic E-state index is 0.637. The van der Waals surface area contributed by atoms with Crippen LogP contribution in [0.1, 0.15) is 36.3 Å². The maximum atomic E-state index is 5.73. The summed E-state index contributed by atoms with van der Waals surface area (Å²) in [6.45, 7) is 3.70. The lowest BCUT2D eigenvalue weighted by Gasteiger charge is -2.08. The van der Waals surface area contributed by atoms with Gasteiger partial charge in [-0.2, -0.15) is 5.10 Å². The predicted molar refractivity (Wildman–Crippen MR) is 82.4 cm³/mol. The van der Waals surface area contributed by atoms with Crippen molar-refractivity contribution < 1.29 is 0 Å². The summed E-state index contributed by atoms with van der Waals surface area (Å²) in [6, 6.07) is 0. The molecule has 0 atom stereocenters. The number of fused-ring (bicyclic) bond motifs is 1. The lowest BCUT2D eigenvalue weighted by Crippen LogP contribution is -2.06. The Balaban J connectivity index is 1.92. The Morgan fingerprint density at radius 1 is 1.24 bits per heavy atom. The summed E-state index contributed by atoms with van der Waals surface area (Å²) < 4.78 is 4.20. The first-order valence-electron chi connectivity index (χ1n) is 7.53. The molecule has 2 aromatic heterocycles. The molecule has 0 spiro atoms. The molecule has 6 nitrogen and oxygen atoms in total. The van der Waals surface area contributed by atoms with Crippen molar-refractivity contribution in [3.05, 3.63) is 17.1 Å². The fourth-order valence-corrected chi connectivity index (χ4v) is 3.97.